The van der Waals surface area contributed by atoms with Crippen LogP contribution in [0.15, 0.2) is 35.2 Å². The van der Waals surface area contributed by atoms with Crippen LogP contribution in [0, 0.1) is 0 Å². The first-order valence-electron chi connectivity index (χ1n) is 2.69. The van der Waals surface area contributed by atoms with Crippen LogP contribution in [0.3, 0.4) is 0 Å². The average molecular weight is 179 g/mol. The van der Waals surface area contributed by atoms with Gasteiger partial charge in [0, 0.05) is 34.5 Å². The Morgan fingerprint density at radius 2 is 1.70 bits per heavy atom. The molecular weight excluding hydrogens is 171 g/mol. The molecule has 1 aromatic rings. The summed E-state index contributed by atoms with van der Waals surface area (Å²) in [5.41, 5.74) is 0. The molecule has 0 N–H and O–H groups in total. The SMILES string of the molecule is CSSc1ccccc1.[Na]. The molecule has 0 atom stereocenters. The molecule has 0 aliphatic heterocycles. The van der Waals surface area contributed by atoms with Gasteiger partial charge in [0.1, 0.15) is 0 Å². The molecule has 1 radical (unpaired) electrons. The van der Waals surface area contributed by atoms with E-state index in [0.29, 0.717) is 0 Å². The van der Waals surface area contributed by atoms with E-state index < -0.39 is 0 Å². The van der Waals surface area contributed by atoms with Gasteiger partial charge in [0.15, 0.2) is 0 Å². The maximum atomic E-state index is 2.11. The van der Waals surface area contributed by atoms with Gasteiger partial charge in [0.2, 0.25) is 0 Å². The monoisotopic (exact) mass is 179 g/mol. The minimum Gasteiger partial charge on any atom is -0.0924 e. The first-order valence-corrected chi connectivity index (χ1v) is 5.25. The molecule has 0 bridgehead atoms. The minimum atomic E-state index is 0. The van der Waals surface area contributed by atoms with Crippen LogP contribution in [0.1, 0.15) is 0 Å². The summed E-state index contributed by atoms with van der Waals surface area (Å²) in [6.07, 6.45) is 2.08. The van der Waals surface area contributed by atoms with Gasteiger partial charge in [0.05, 0.1) is 0 Å². The Morgan fingerprint density at radius 3 is 2.20 bits per heavy atom. The summed E-state index contributed by atoms with van der Waals surface area (Å²) >= 11 is 0. The molecule has 0 fully saturated rings. The van der Waals surface area contributed by atoms with Crippen molar-refractivity contribution in [2.45, 2.75) is 4.90 Å². The van der Waals surface area contributed by atoms with Crippen LogP contribution in [-0.4, -0.2) is 35.8 Å². The third-order valence-corrected chi connectivity index (χ3v) is 2.63. The second kappa shape index (κ2) is 6.62. The van der Waals surface area contributed by atoms with Crippen molar-refractivity contribution in [2.24, 2.45) is 0 Å². The standard InChI is InChI=1S/C7H8S2.Na/c1-8-9-7-5-3-2-4-6-7;/h2-6H,1H3;. The van der Waals surface area contributed by atoms with Crippen LogP contribution in [0.2, 0.25) is 0 Å². The molecule has 0 saturated heterocycles. The average Bonchev–Trinajstić information content (AvgIpc) is 1.91. The third kappa shape index (κ3) is 3.94. The summed E-state index contributed by atoms with van der Waals surface area (Å²) in [6.45, 7) is 0. The molecule has 0 spiro atoms. The van der Waals surface area contributed by atoms with E-state index in [1.54, 1.807) is 21.6 Å². The Kier molecular flexibility index (Phi) is 7.23. The zero-order chi connectivity index (χ0) is 6.53. The van der Waals surface area contributed by atoms with Crippen molar-refractivity contribution < 1.29 is 0 Å². The zero-order valence-corrected chi connectivity index (χ0v) is 9.84. The number of rotatable bonds is 2. The van der Waals surface area contributed by atoms with Crippen LogP contribution in [0.5, 0.6) is 0 Å². The summed E-state index contributed by atoms with van der Waals surface area (Å²) in [7, 11) is 3.56. The van der Waals surface area contributed by atoms with E-state index >= 15 is 0 Å². The topological polar surface area (TPSA) is 0 Å². The van der Waals surface area contributed by atoms with Gasteiger partial charge in [-0.1, -0.05) is 39.8 Å². The summed E-state index contributed by atoms with van der Waals surface area (Å²) in [6, 6.07) is 10.4. The van der Waals surface area contributed by atoms with E-state index in [4.69, 9.17) is 0 Å². The fourth-order valence-corrected chi connectivity index (χ4v) is 1.94. The molecule has 0 aliphatic rings. The second-order valence-corrected chi connectivity index (χ2v) is 4.03. The second-order valence-electron chi connectivity index (χ2n) is 1.56. The fraction of sp³-hybridized carbons (Fsp3) is 0.143. The number of hydrogen-bond acceptors (Lipinski definition) is 2. The van der Waals surface area contributed by atoms with E-state index in [1.165, 1.54) is 4.90 Å². The molecule has 10 heavy (non-hydrogen) atoms. The number of benzene rings is 1. The molecule has 0 amide bonds. The molecule has 0 unspecified atom stereocenters. The van der Waals surface area contributed by atoms with Gasteiger partial charge in [-0.05, 0) is 18.4 Å². The maximum absolute atomic E-state index is 2.11. The Balaban J connectivity index is 0.000000810. The Labute approximate surface area is 91.9 Å². The van der Waals surface area contributed by atoms with E-state index in [-0.39, 0.29) is 29.6 Å². The summed E-state index contributed by atoms with van der Waals surface area (Å²) < 4.78 is 0. The van der Waals surface area contributed by atoms with Crippen molar-refractivity contribution in [2.75, 3.05) is 6.26 Å². The Hall–Kier alpha value is 0.920. The van der Waals surface area contributed by atoms with E-state index in [2.05, 4.69) is 30.5 Å². The van der Waals surface area contributed by atoms with Crippen molar-refractivity contribution in [3.8, 4) is 0 Å². The number of hydrogen-bond donors (Lipinski definition) is 0. The van der Waals surface area contributed by atoms with Gasteiger partial charge in [-0.2, -0.15) is 0 Å². The summed E-state index contributed by atoms with van der Waals surface area (Å²) in [5.74, 6) is 0. The first-order chi connectivity index (χ1) is 4.43. The maximum Gasteiger partial charge on any atom is 0.0182 e. The zero-order valence-electron chi connectivity index (χ0n) is 6.20. The van der Waals surface area contributed by atoms with Gasteiger partial charge in [0.25, 0.3) is 0 Å². The van der Waals surface area contributed by atoms with Crippen LogP contribution >= 0.6 is 21.6 Å². The van der Waals surface area contributed by atoms with Crippen molar-refractivity contribution in [3.05, 3.63) is 30.3 Å². The molecule has 3 heteroatoms. The molecule has 0 nitrogen and oxygen atoms in total. The largest absolute Gasteiger partial charge is 0.0924 e. The van der Waals surface area contributed by atoms with Gasteiger partial charge in [-0.25, -0.2) is 0 Å². The molecular formula is C7H8NaS2. The molecule has 0 saturated carbocycles. The van der Waals surface area contributed by atoms with Crippen molar-refractivity contribution >= 4 is 51.1 Å². The Morgan fingerprint density at radius 1 is 1.10 bits per heavy atom. The normalized spacial score (nSPS) is 8.50. The fourth-order valence-electron chi connectivity index (χ4n) is 0.572. The quantitative estimate of drug-likeness (QED) is 0.505. The predicted molar refractivity (Wildman–Crippen MR) is 51.6 cm³/mol. The molecule has 0 heterocycles. The van der Waals surface area contributed by atoms with Crippen LogP contribution < -0.4 is 0 Å². The smallest absolute Gasteiger partial charge is 0.0182 e. The van der Waals surface area contributed by atoms with E-state index in [1.807, 2.05) is 6.07 Å². The first kappa shape index (κ1) is 10.9. The van der Waals surface area contributed by atoms with Crippen LogP contribution in [0.4, 0.5) is 0 Å². The molecule has 1 rings (SSSR count). The molecule has 1 aromatic carbocycles. The molecule has 49 valence electrons. The predicted octanol–water partition coefficient (Wildman–Crippen LogP) is 2.68. The van der Waals surface area contributed by atoms with Crippen molar-refractivity contribution in [1.82, 2.24) is 0 Å². The van der Waals surface area contributed by atoms with Crippen LogP contribution in [0.25, 0.3) is 0 Å². The van der Waals surface area contributed by atoms with Gasteiger partial charge < -0.3 is 0 Å². The van der Waals surface area contributed by atoms with Gasteiger partial charge in [-0.3, -0.25) is 0 Å². The van der Waals surface area contributed by atoms with Gasteiger partial charge in [-0.15, -0.1) is 0 Å². The van der Waals surface area contributed by atoms with Gasteiger partial charge >= 0.3 is 0 Å². The third-order valence-electron chi connectivity index (χ3n) is 0.923. The van der Waals surface area contributed by atoms with Crippen molar-refractivity contribution in [1.29, 1.82) is 0 Å². The summed E-state index contributed by atoms with van der Waals surface area (Å²) in [4.78, 5) is 1.32. The van der Waals surface area contributed by atoms with Crippen LogP contribution in [-0.2, 0) is 0 Å². The molecule has 0 aromatic heterocycles. The Bertz CT molecular complexity index is 165. The van der Waals surface area contributed by atoms with E-state index in [9.17, 15) is 0 Å². The van der Waals surface area contributed by atoms with E-state index in [0.717, 1.165) is 0 Å². The van der Waals surface area contributed by atoms with Crippen molar-refractivity contribution in [3.63, 3.8) is 0 Å². The minimum absolute atomic E-state index is 0. The summed E-state index contributed by atoms with van der Waals surface area (Å²) in [5, 5.41) is 0. The molecule has 0 aliphatic carbocycles.